The van der Waals surface area contributed by atoms with Crippen molar-refractivity contribution in [3.05, 3.63) is 90.0 Å². The molecule has 0 atom stereocenters. The molecule has 7 nitrogen and oxygen atoms in total. The number of fused-ring (bicyclic) bond motifs is 3. The van der Waals surface area contributed by atoms with E-state index in [-0.39, 0.29) is 18.4 Å². The normalized spacial score (nSPS) is 18.9. The number of hydrogen-bond acceptors (Lipinski definition) is 5. The summed E-state index contributed by atoms with van der Waals surface area (Å²) < 4.78 is 40.0. The summed E-state index contributed by atoms with van der Waals surface area (Å²) in [4.78, 5) is 39.7. The molecule has 2 fully saturated rings. The predicted molar refractivity (Wildman–Crippen MR) is 151 cm³/mol. The van der Waals surface area contributed by atoms with Gasteiger partial charge in [0.15, 0.2) is 0 Å². The number of benzene rings is 2. The zero-order chi connectivity index (χ0) is 29.3. The molecule has 2 N–H and O–H groups in total. The molecule has 1 saturated heterocycles. The van der Waals surface area contributed by atoms with Crippen molar-refractivity contribution in [2.75, 3.05) is 18.0 Å². The quantitative estimate of drug-likeness (QED) is 0.363. The summed E-state index contributed by atoms with van der Waals surface area (Å²) >= 11 is 0. The van der Waals surface area contributed by atoms with E-state index in [9.17, 15) is 22.8 Å². The molecule has 1 spiro atoms. The summed E-state index contributed by atoms with van der Waals surface area (Å²) in [6.45, 7) is 0.989. The van der Waals surface area contributed by atoms with Crippen molar-refractivity contribution in [1.82, 2.24) is 14.9 Å². The van der Waals surface area contributed by atoms with E-state index in [0.717, 1.165) is 28.5 Å². The Balaban J connectivity index is 1.26. The minimum atomic E-state index is -4.45. The maximum Gasteiger partial charge on any atom is 0.416 e. The fraction of sp³-hybridized carbons (Fsp3) is 0.312. The van der Waals surface area contributed by atoms with Gasteiger partial charge in [0, 0.05) is 36.4 Å². The van der Waals surface area contributed by atoms with Gasteiger partial charge in [0.25, 0.3) is 0 Å². The van der Waals surface area contributed by atoms with Gasteiger partial charge in [0.1, 0.15) is 0 Å². The Morgan fingerprint density at radius 1 is 0.952 bits per heavy atom. The molecular formula is C32H28F3N5O2. The average Bonchev–Trinajstić information content (AvgIpc) is 3.72. The molecular weight excluding hydrogens is 543 g/mol. The van der Waals surface area contributed by atoms with Crippen LogP contribution in [0, 0.1) is 0 Å². The van der Waals surface area contributed by atoms with Gasteiger partial charge in [-0.15, -0.1) is 0 Å². The van der Waals surface area contributed by atoms with Gasteiger partial charge >= 0.3 is 6.18 Å². The lowest BCUT2D eigenvalue weighted by Gasteiger charge is -2.39. The summed E-state index contributed by atoms with van der Waals surface area (Å²) in [6, 6.07) is 14.5. The van der Waals surface area contributed by atoms with Crippen LogP contribution in [0.3, 0.4) is 0 Å². The molecule has 0 unspecified atom stereocenters. The highest BCUT2D eigenvalue weighted by Gasteiger charge is 2.55. The fourth-order valence-corrected chi connectivity index (χ4v) is 6.51. The molecule has 214 valence electrons. The lowest BCUT2D eigenvalue weighted by Crippen LogP contribution is -2.54. The van der Waals surface area contributed by atoms with Crippen LogP contribution in [0.4, 0.5) is 18.9 Å². The number of carbonyl (C=O) groups is 2. The Bertz CT molecular complexity index is 1720. The van der Waals surface area contributed by atoms with E-state index in [1.807, 2.05) is 30.3 Å². The summed E-state index contributed by atoms with van der Waals surface area (Å²) in [5, 5.41) is 1.67. The third-order valence-electron chi connectivity index (χ3n) is 9.07. The number of piperidine rings is 1. The third kappa shape index (κ3) is 4.15. The standard InChI is InChI=1S/C32H28F3N5O2/c33-32(34,35)22-7-5-20(6-8-22)27-23-4-2-1-3-21(23)17-38-25(27)19-40-26-18-37-14-9-24(26)30(28(40)41)12-15-39(16-13-30)29(42)31(36)10-11-31/h1-9,14,17-18H,10-13,15-16,19,36H2. The molecule has 42 heavy (non-hydrogen) atoms. The summed E-state index contributed by atoms with van der Waals surface area (Å²) in [6.07, 6.45) is 2.95. The van der Waals surface area contributed by atoms with Gasteiger partial charge < -0.3 is 15.5 Å². The van der Waals surface area contributed by atoms with Crippen LogP contribution in [0.25, 0.3) is 21.9 Å². The molecule has 1 aliphatic carbocycles. The van der Waals surface area contributed by atoms with E-state index in [2.05, 4.69) is 4.98 Å². The highest BCUT2D eigenvalue weighted by atomic mass is 19.4. The van der Waals surface area contributed by atoms with Crippen LogP contribution in [-0.4, -0.2) is 45.3 Å². The van der Waals surface area contributed by atoms with Gasteiger partial charge in [-0.05, 0) is 60.4 Å². The van der Waals surface area contributed by atoms with Gasteiger partial charge in [0.2, 0.25) is 11.8 Å². The largest absolute Gasteiger partial charge is 0.416 e. The van der Waals surface area contributed by atoms with E-state index in [1.54, 1.807) is 28.4 Å². The molecule has 1 saturated carbocycles. The van der Waals surface area contributed by atoms with Crippen LogP contribution in [0.5, 0.6) is 0 Å². The number of alkyl halides is 3. The van der Waals surface area contributed by atoms with Crippen molar-refractivity contribution >= 4 is 28.3 Å². The van der Waals surface area contributed by atoms with Crippen molar-refractivity contribution in [3.8, 4) is 11.1 Å². The Labute approximate surface area is 240 Å². The molecule has 2 aliphatic heterocycles. The lowest BCUT2D eigenvalue weighted by atomic mass is 9.74. The van der Waals surface area contributed by atoms with Crippen LogP contribution < -0.4 is 10.6 Å². The van der Waals surface area contributed by atoms with Gasteiger partial charge in [-0.2, -0.15) is 13.2 Å². The minimum absolute atomic E-state index is 0.0452. The first-order valence-electron chi connectivity index (χ1n) is 14.0. The second-order valence-corrected chi connectivity index (χ2v) is 11.6. The van der Waals surface area contributed by atoms with E-state index in [0.29, 0.717) is 61.3 Å². The van der Waals surface area contributed by atoms with Crippen molar-refractivity contribution in [2.45, 2.75) is 49.4 Å². The van der Waals surface area contributed by atoms with Crippen molar-refractivity contribution in [1.29, 1.82) is 0 Å². The van der Waals surface area contributed by atoms with E-state index >= 15 is 0 Å². The smallest absolute Gasteiger partial charge is 0.341 e. The molecule has 0 bridgehead atoms. The first-order chi connectivity index (χ1) is 20.1. The second-order valence-electron chi connectivity index (χ2n) is 11.6. The molecule has 2 amide bonds. The number of likely N-dealkylation sites (tertiary alicyclic amines) is 1. The molecule has 2 aromatic heterocycles. The number of nitrogens with zero attached hydrogens (tertiary/aromatic N) is 4. The predicted octanol–water partition coefficient (Wildman–Crippen LogP) is 5.21. The number of hydrogen-bond donors (Lipinski definition) is 1. The summed E-state index contributed by atoms with van der Waals surface area (Å²) in [5.74, 6) is -0.129. The van der Waals surface area contributed by atoms with Crippen molar-refractivity contribution < 1.29 is 22.8 Å². The van der Waals surface area contributed by atoms with E-state index in [4.69, 9.17) is 10.7 Å². The zero-order valence-electron chi connectivity index (χ0n) is 22.7. The van der Waals surface area contributed by atoms with Crippen LogP contribution in [0.2, 0.25) is 0 Å². The number of anilines is 1. The molecule has 3 aliphatic rings. The van der Waals surface area contributed by atoms with Crippen LogP contribution in [0.1, 0.15) is 42.5 Å². The summed E-state index contributed by atoms with van der Waals surface area (Å²) in [7, 11) is 0. The van der Waals surface area contributed by atoms with Crippen LogP contribution in [0.15, 0.2) is 73.2 Å². The molecule has 7 rings (SSSR count). The topological polar surface area (TPSA) is 92.4 Å². The Kier molecular flexibility index (Phi) is 5.92. The van der Waals surface area contributed by atoms with Gasteiger partial charge in [-0.25, -0.2) is 0 Å². The number of pyridine rings is 2. The van der Waals surface area contributed by atoms with Crippen LogP contribution in [-0.2, 0) is 27.7 Å². The molecule has 4 heterocycles. The first-order valence-corrected chi connectivity index (χ1v) is 14.0. The number of halogens is 3. The Hall–Kier alpha value is -4.31. The fourth-order valence-electron chi connectivity index (χ4n) is 6.51. The molecule has 0 radical (unpaired) electrons. The molecule has 10 heteroatoms. The van der Waals surface area contributed by atoms with Crippen molar-refractivity contribution in [3.63, 3.8) is 0 Å². The van der Waals surface area contributed by atoms with Gasteiger partial charge in [0.05, 0.1) is 40.6 Å². The number of amides is 2. The monoisotopic (exact) mass is 571 g/mol. The minimum Gasteiger partial charge on any atom is -0.341 e. The SMILES string of the molecule is NC1(C(=O)N2CCC3(CC2)C(=O)N(Cc2ncc4ccccc4c2-c2ccc(C(F)(F)F)cc2)c2cnccc23)CC1. The zero-order valence-corrected chi connectivity index (χ0v) is 22.7. The Morgan fingerprint density at radius 3 is 2.36 bits per heavy atom. The van der Waals surface area contributed by atoms with Crippen LogP contribution >= 0.6 is 0 Å². The number of aromatic nitrogens is 2. The molecule has 4 aromatic rings. The van der Waals surface area contributed by atoms with Crippen molar-refractivity contribution in [2.24, 2.45) is 5.73 Å². The number of carbonyl (C=O) groups excluding carboxylic acids is 2. The highest BCUT2D eigenvalue weighted by Crippen LogP contribution is 2.49. The third-order valence-corrected chi connectivity index (χ3v) is 9.07. The summed E-state index contributed by atoms with van der Waals surface area (Å²) in [5.41, 5.74) is 7.28. The van der Waals surface area contributed by atoms with Gasteiger partial charge in [-0.3, -0.25) is 19.6 Å². The average molecular weight is 572 g/mol. The maximum atomic E-state index is 14.3. The number of rotatable bonds is 4. The van der Waals surface area contributed by atoms with E-state index < -0.39 is 22.7 Å². The highest BCUT2D eigenvalue weighted by molar-refractivity contribution is 6.08. The second kappa shape index (κ2) is 9.35. The molecule has 2 aromatic carbocycles. The Morgan fingerprint density at radius 2 is 1.67 bits per heavy atom. The number of nitrogens with two attached hydrogens (primary N) is 1. The maximum absolute atomic E-state index is 14.3. The first kappa shape index (κ1) is 26.6. The lowest BCUT2D eigenvalue weighted by molar-refractivity contribution is -0.138. The van der Waals surface area contributed by atoms with E-state index in [1.165, 1.54) is 12.1 Å². The van der Waals surface area contributed by atoms with Gasteiger partial charge in [-0.1, -0.05) is 36.4 Å².